The largest absolute Gasteiger partial charge is 0.383 e. The third-order valence-electron chi connectivity index (χ3n) is 3.95. The van der Waals surface area contributed by atoms with Gasteiger partial charge < -0.3 is 10.6 Å². The predicted octanol–water partition coefficient (Wildman–Crippen LogP) is 4.00. The van der Waals surface area contributed by atoms with Crippen LogP contribution >= 0.6 is 0 Å². The molecule has 1 amide bonds. The molecule has 0 aliphatic heterocycles. The number of halogens is 1. The Labute approximate surface area is 156 Å². The van der Waals surface area contributed by atoms with E-state index in [2.05, 4.69) is 15.6 Å². The molecule has 0 atom stereocenters. The minimum Gasteiger partial charge on any atom is -0.383 e. The Kier molecular flexibility index (Phi) is 5.75. The zero-order valence-corrected chi connectivity index (χ0v) is 14.4. The lowest BCUT2D eigenvalue weighted by molar-refractivity contribution is 0.102. The number of para-hydroxylation sites is 1. The Morgan fingerprint density at radius 1 is 1.11 bits per heavy atom. The number of aromatic nitrogens is 1. The van der Waals surface area contributed by atoms with Gasteiger partial charge in [-0.05, 0) is 42.3 Å². The lowest BCUT2D eigenvalue weighted by Crippen LogP contribution is -2.14. The molecule has 0 aliphatic rings. The van der Waals surface area contributed by atoms with Crippen LogP contribution in [0.1, 0.15) is 21.5 Å². The summed E-state index contributed by atoms with van der Waals surface area (Å²) in [7, 11) is 0. The Bertz CT molecular complexity index is 980. The summed E-state index contributed by atoms with van der Waals surface area (Å²) in [5, 5.41) is 15.0. The van der Waals surface area contributed by atoms with Crippen molar-refractivity contribution >= 4 is 17.3 Å². The van der Waals surface area contributed by atoms with Crippen molar-refractivity contribution in [3.63, 3.8) is 0 Å². The Balaban J connectivity index is 1.62. The molecule has 3 rings (SSSR count). The first kappa shape index (κ1) is 18.1. The molecule has 6 heteroatoms. The van der Waals surface area contributed by atoms with Crippen molar-refractivity contribution < 1.29 is 9.18 Å². The number of nitrogens with zero attached hydrogens (tertiary/aromatic N) is 2. The highest BCUT2D eigenvalue weighted by molar-refractivity contribution is 6.05. The average Bonchev–Trinajstić information content (AvgIpc) is 2.70. The van der Waals surface area contributed by atoms with Crippen LogP contribution in [-0.2, 0) is 6.42 Å². The molecule has 1 aromatic heterocycles. The molecule has 0 aliphatic carbocycles. The summed E-state index contributed by atoms with van der Waals surface area (Å²) in [4.78, 5) is 16.5. The number of amides is 1. The van der Waals surface area contributed by atoms with Gasteiger partial charge in [0, 0.05) is 18.9 Å². The van der Waals surface area contributed by atoms with Crippen LogP contribution in [0, 0.1) is 17.1 Å². The minimum atomic E-state index is -0.340. The topological polar surface area (TPSA) is 77.8 Å². The quantitative estimate of drug-likeness (QED) is 0.696. The van der Waals surface area contributed by atoms with E-state index in [4.69, 9.17) is 5.26 Å². The standard InChI is InChI=1S/C21H17FN4O/c22-18-7-5-15(6-8-18)9-10-25-19-11-17(13-24-14-19)21(27)26-20-4-2-1-3-16(20)12-23/h1-8,11,13-14,25H,9-10H2,(H,26,27). The van der Waals surface area contributed by atoms with Crippen molar-refractivity contribution in [1.29, 1.82) is 5.26 Å². The molecule has 1 heterocycles. The second kappa shape index (κ2) is 8.59. The van der Waals surface area contributed by atoms with E-state index < -0.39 is 0 Å². The maximum atomic E-state index is 12.9. The lowest BCUT2D eigenvalue weighted by Gasteiger charge is -2.09. The van der Waals surface area contributed by atoms with E-state index in [0.717, 1.165) is 5.56 Å². The van der Waals surface area contributed by atoms with Crippen molar-refractivity contribution in [3.8, 4) is 6.07 Å². The van der Waals surface area contributed by atoms with E-state index in [9.17, 15) is 9.18 Å². The fourth-order valence-corrected chi connectivity index (χ4v) is 2.55. The number of nitriles is 1. The summed E-state index contributed by atoms with van der Waals surface area (Å²) >= 11 is 0. The highest BCUT2D eigenvalue weighted by atomic mass is 19.1. The normalized spacial score (nSPS) is 10.1. The van der Waals surface area contributed by atoms with Crippen LogP contribution in [0.25, 0.3) is 0 Å². The van der Waals surface area contributed by atoms with E-state index in [0.29, 0.717) is 35.5 Å². The van der Waals surface area contributed by atoms with Gasteiger partial charge in [0.2, 0.25) is 0 Å². The van der Waals surface area contributed by atoms with Crippen molar-refractivity contribution in [3.05, 3.63) is 89.5 Å². The summed E-state index contributed by atoms with van der Waals surface area (Å²) in [6.07, 6.45) is 3.81. The molecule has 0 radical (unpaired) electrons. The maximum Gasteiger partial charge on any atom is 0.257 e. The third-order valence-corrected chi connectivity index (χ3v) is 3.95. The monoisotopic (exact) mass is 360 g/mol. The van der Waals surface area contributed by atoms with Crippen LogP contribution in [-0.4, -0.2) is 17.4 Å². The molecule has 0 spiro atoms. The second-order valence-electron chi connectivity index (χ2n) is 5.88. The second-order valence-corrected chi connectivity index (χ2v) is 5.88. The first-order valence-electron chi connectivity index (χ1n) is 8.39. The van der Waals surface area contributed by atoms with Gasteiger partial charge >= 0.3 is 0 Å². The molecule has 2 N–H and O–H groups in total. The fourth-order valence-electron chi connectivity index (χ4n) is 2.55. The Hall–Kier alpha value is -3.72. The van der Waals surface area contributed by atoms with E-state index in [1.165, 1.54) is 18.3 Å². The number of carbonyl (C=O) groups excluding carboxylic acids is 1. The molecule has 0 saturated heterocycles. The zero-order valence-electron chi connectivity index (χ0n) is 14.4. The number of nitrogens with one attached hydrogen (secondary N) is 2. The van der Waals surface area contributed by atoms with Crippen LogP contribution in [0.3, 0.4) is 0 Å². The average molecular weight is 360 g/mol. The number of hydrogen-bond acceptors (Lipinski definition) is 4. The SMILES string of the molecule is N#Cc1ccccc1NC(=O)c1cncc(NCCc2ccc(F)cc2)c1. The third kappa shape index (κ3) is 4.89. The van der Waals surface area contributed by atoms with Gasteiger partial charge in [0.25, 0.3) is 5.91 Å². The Morgan fingerprint density at radius 3 is 2.67 bits per heavy atom. The number of rotatable bonds is 6. The predicted molar refractivity (Wildman–Crippen MR) is 102 cm³/mol. The molecule has 0 saturated carbocycles. The van der Waals surface area contributed by atoms with Crippen molar-refractivity contribution in [2.75, 3.05) is 17.2 Å². The molecule has 3 aromatic rings. The van der Waals surface area contributed by atoms with Gasteiger partial charge in [0.05, 0.1) is 22.5 Å². The lowest BCUT2D eigenvalue weighted by atomic mass is 10.1. The molecule has 2 aromatic carbocycles. The number of anilines is 2. The molecule has 5 nitrogen and oxygen atoms in total. The molecule has 134 valence electrons. The van der Waals surface area contributed by atoms with Crippen LogP contribution < -0.4 is 10.6 Å². The van der Waals surface area contributed by atoms with Crippen molar-refractivity contribution in [2.45, 2.75) is 6.42 Å². The maximum absolute atomic E-state index is 12.9. The highest BCUT2D eigenvalue weighted by Crippen LogP contribution is 2.16. The summed E-state index contributed by atoms with van der Waals surface area (Å²) < 4.78 is 12.9. The molecule has 0 unspecified atom stereocenters. The van der Waals surface area contributed by atoms with E-state index in [-0.39, 0.29) is 11.7 Å². The molecule has 0 bridgehead atoms. The summed E-state index contributed by atoms with van der Waals surface area (Å²) in [6, 6.07) is 16.9. The van der Waals surface area contributed by atoms with Crippen LogP contribution in [0.5, 0.6) is 0 Å². The van der Waals surface area contributed by atoms with Gasteiger partial charge in [0.1, 0.15) is 11.9 Å². The van der Waals surface area contributed by atoms with Crippen molar-refractivity contribution in [2.24, 2.45) is 0 Å². The van der Waals surface area contributed by atoms with Crippen LogP contribution in [0.4, 0.5) is 15.8 Å². The first-order valence-corrected chi connectivity index (χ1v) is 8.39. The summed E-state index contributed by atoms with van der Waals surface area (Å²) in [5.41, 5.74) is 2.96. The zero-order chi connectivity index (χ0) is 19.1. The Morgan fingerprint density at radius 2 is 1.89 bits per heavy atom. The van der Waals surface area contributed by atoms with Crippen LogP contribution in [0.15, 0.2) is 67.0 Å². The van der Waals surface area contributed by atoms with Crippen molar-refractivity contribution in [1.82, 2.24) is 4.98 Å². The van der Waals surface area contributed by atoms with E-state index in [1.807, 2.05) is 6.07 Å². The number of carbonyl (C=O) groups is 1. The number of hydrogen-bond donors (Lipinski definition) is 2. The van der Waals surface area contributed by atoms with Gasteiger partial charge in [-0.15, -0.1) is 0 Å². The first-order chi connectivity index (χ1) is 13.2. The van der Waals surface area contributed by atoms with E-state index in [1.54, 1.807) is 48.7 Å². The highest BCUT2D eigenvalue weighted by Gasteiger charge is 2.10. The van der Waals surface area contributed by atoms with Gasteiger partial charge in [0.15, 0.2) is 0 Å². The number of benzene rings is 2. The molecule has 0 fully saturated rings. The molecule has 27 heavy (non-hydrogen) atoms. The summed E-state index contributed by atoms with van der Waals surface area (Å²) in [6.45, 7) is 0.621. The minimum absolute atomic E-state index is 0.257. The van der Waals surface area contributed by atoms with Gasteiger partial charge in [-0.2, -0.15) is 5.26 Å². The van der Waals surface area contributed by atoms with Gasteiger partial charge in [-0.1, -0.05) is 24.3 Å². The van der Waals surface area contributed by atoms with Crippen LogP contribution in [0.2, 0.25) is 0 Å². The summed E-state index contributed by atoms with van der Waals surface area (Å²) in [5.74, 6) is -0.597. The van der Waals surface area contributed by atoms with E-state index >= 15 is 0 Å². The fraction of sp³-hybridized carbons (Fsp3) is 0.0952. The molecular weight excluding hydrogens is 343 g/mol. The molecular formula is C21H17FN4O. The van der Waals surface area contributed by atoms with Gasteiger partial charge in [-0.25, -0.2) is 4.39 Å². The number of pyridine rings is 1. The smallest absolute Gasteiger partial charge is 0.257 e. The van der Waals surface area contributed by atoms with Gasteiger partial charge in [-0.3, -0.25) is 9.78 Å².